The summed E-state index contributed by atoms with van der Waals surface area (Å²) in [5, 5.41) is 14.3. The van der Waals surface area contributed by atoms with Gasteiger partial charge in [0.2, 0.25) is 5.16 Å². The third kappa shape index (κ3) is 4.21. The molecule has 4 nitrogen and oxygen atoms in total. The third-order valence-electron chi connectivity index (χ3n) is 3.17. The van der Waals surface area contributed by atoms with Crippen LogP contribution in [0.3, 0.4) is 0 Å². The molecule has 1 aromatic heterocycles. The van der Waals surface area contributed by atoms with Gasteiger partial charge in [0, 0.05) is 10.8 Å². The van der Waals surface area contributed by atoms with E-state index in [0.29, 0.717) is 5.02 Å². The predicted molar refractivity (Wildman–Crippen MR) is 95.2 cm³/mol. The van der Waals surface area contributed by atoms with Gasteiger partial charge in [0.15, 0.2) is 5.82 Å². The van der Waals surface area contributed by atoms with Crippen LogP contribution in [0.4, 0.5) is 0 Å². The van der Waals surface area contributed by atoms with Gasteiger partial charge in [0.05, 0.1) is 6.21 Å². The lowest BCUT2D eigenvalue weighted by molar-refractivity contribution is 0.744. The standard InChI is InChI=1S/C17H15ClN4S/c1-13-20-21-17(23-12-15-5-3-2-4-6-15)22(13)19-11-14-7-9-16(18)10-8-14/h2-11H,12H2,1H3/b19-11-. The summed E-state index contributed by atoms with van der Waals surface area (Å²) in [6, 6.07) is 17.8. The maximum absolute atomic E-state index is 5.89. The fourth-order valence-electron chi connectivity index (χ4n) is 1.96. The average molecular weight is 343 g/mol. The second-order valence-electron chi connectivity index (χ2n) is 4.91. The number of benzene rings is 2. The maximum Gasteiger partial charge on any atom is 0.212 e. The molecule has 0 amide bonds. The van der Waals surface area contributed by atoms with E-state index in [1.54, 1.807) is 22.7 Å². The highest BCUT2D eigenvalue weighted by atomic mass is 35.5. The van der Waals surface area contributed by atoms with Crippen LogP contribution in [0.5, 0.6) is 0 Å². The Morgan fingerprint density at radius 1 is 1.09 bits per heavy atom. The van der Waals surface area contributed by atoms with Gasteiger partial charge in [-0.3, -0.25) is 0 Å². The molecule has 0 atom stereocenters. The number of halogens is 1. The van der Waals surface area contributed by atoms with Crippen molar-refractivity contribution < 1.29 is 0 Å². The smallest absolute Gasteiger partial charge is 0.192 e. The Labute approximate surface area is 144 Å². The van der Waals surface area contributed by atoms with Crippen LogP contribution < -0.4 is 0 Å². The molecule has 0 saturated carbocycles. The third-order valence-corrected chi connectivity index (χ3v) is 4.41. The lowest BCUT2D eigenvalue weighted by atomic mass is 10.2. The van der Waals surface area contributed by atoms with Gasteiger partial charge in [0.1, 0.15) is 0 Å². The second kappa shape index (κ2) is 7.44. The zero-order valence-electron chi connectivity index (χ0n) is 12.6. The van der Waals surface area contributed by atoms with Crippen molar-refractivity contribution in [1.82, 2.24) is 14.9 Å². The van der Waals surface area contributed by atoms with Crippen molar-refractivity contribution in [3.8, 4) is 0 Å². The van der Waals surface area contributed by atoms with Crippen LogP contribution in [0.25, 0.3) is 0 Å². The zero-order chi connectivity index (χ0) is 16.1. The summed E-state index contributed by atoms with van der Waals surface area (Å²) in [7, 11) is 0. The molecular formula is C17H15ClN4S. The molecule has 0 fully saturated rings. The topological polar surface area (TPSA) is 43.1 Å². The fourth-order valence-corrected chi connectivity index (χ4v) is 2.97. The lowest BCUT2D eigenvalue weighted by Crippen LogP contribution is -1.96. The maximum atomic E-state index is 5.89. The Hall–Kier alpha value is -2.11. The highest BCUT2D eigenvalue weighted by molar-refractivity contribution is 7.98. The molecule has 23 heavy (non-hydrogen) atoms. The van der Waals surface area contributed by atoms with Crippen LogP contribution in [0, 0.1) is 6.92 Å². The minimum Gasteiger partial charge on any atom is -0.192 e. The van der Waals surface area contributed by atoms with E-state index in [0.717, 1.165) is 22.3 Å². The predicted octanol–water partition coefficient (Wildman–Crippen LogP) is 4.41. The highest BCUT2D eigenvalue weighted by Gasteiger charge is 2.08. The Morgan fingerprint density at radius 2 is 1.83 bits per heavy atom. The normalized spacial score (nSPS) is 11.2. The molecule has 0 bridgehead atoms. The number of nitrogens with zero attached hydrogens (tertiary/aromatic N) is 4. The van der Waals surface area contributed by atoms with E-state index < -0.39 is 0 Å². The molecule has 6 heteroatoms. The molecule has 0 aliphatic heterocycles. The second-order valence-corrected chi connectivity index (χ2v) is 6.29. The lowest BCUT2D eigenvalue weighted by Gasteiger charge is -2.02. The average Bonchev–Trinajstić information content (AvgIpc) is 2.93. The van der Waals surface area contributed by atoms with Crippen LogP contribution in [0.1, 0.15) is 17.0 Å². The first-order chi connectivity index (χ1) is 11.2. The van der Waals surface area contributed by atoms with Gasteiger partial charge in [0.25, 0.3) is 0 Å². The van der Waals surface area contributed by atoms with Crippen molar-refractivity contribution in [2.45, 2.75) is 17.8 Å². The van der Waals surface area contributed by atoms with Crippen molar-refractivity contribution in [2.24, 2.45) is 5.10 Å². The van der Waals surface area contributed by atoms with Crippen molar-refractivity contribution in [2.75, 3.05) is 0 Å². The minimum atomic E-state index is 0.710. The van der Waals surface area contributed by atoms with Gasteiger partial charge in [-0.2, -0.15) is 9.78 Å². The Balaban J connectivity index is 1.74. The summed E-state index contributed by atoms with van der Waals surface area (Å²) in [5.74, 6) is 1.58. The Bertz CT molecular complexity index is 797. The monoisotopic (exact) mass is 342 g/mol. The molecule has 0 saturated heterocycles. The van der Waals surface area contributed by atoms with Crippen molar-refractivity contribution in [1.29, 1.82) is 0 Å². The molecule has 1 heterocycles. The molecule has 0 unspecified atom stereocenters. The quantitative estimate of drug-likeness (QED) is 0.509. The number of hydrogen-bond acceptors (Lipinski definition) is 4. The number of aromatic nitrogens is 3. The molecule has 3 rings (SSSR count). The minimum absolute atomic E-state index is 0.710. The van der Waals surface area contributed by atoms with Crippen LogP contribution in [-0.2, 0) is 5.75 Å². The summed E-state index contributed by atoms with van der Waals surface area (Å²) < 4.78 is 1.75. The molecule has 0 aliphatic rings. The van der Waals surface area contributed by atoms with Crippen molar-refractivity contribution in [3.63, 3.8) is 0 Å². The van der Waals surface area contributed by atoms with Gasteiger partial charge in [-0.1, -0.05) is 65.8 Å². The van der Waals surface area contributed by atoms with Crippen molar-refractivity contribution in [3.05, 3.63) is 76.6 Å². The highest BCUT2D eigenvalue weighted by Crippen LogP contribution is 2.21. The van der Waals surface area contributed by atoms with Crippen LogP contribution >= 0.6 is 23.4 Å². The van der Waals surface area contributed by atoms with Gasteiger partial charge >= 0.3 is 0 Å². The summed E-state index contributed by atoms with van der Waals surface area (Å²) in [6.07, 6.45) is 1.78. The van der Waals surface area contributed by atoms with Gasteiger partial charge in [-0.05, 0) is 30.2 Å². The summed E-state index contributed by atoms with van der Waals surface area (Å²) >= 11 is 7.50. The van der Waals surface area contributed by atoms with E-state index in [1.165, 1.54) is 5.56 Å². The van der Waals surface area contributed by atoms with E-state index in [-0.39, 0.29) is 0 Å². The Kier molecular flexibility index (Phi) is 5.10. The number of rotatable bonds is 5. The van der Waals surface area contributed by atoms with E-state index in [4.69, 9.17) is 11.6 Å². The SMILES string of the molecule is Cc1nnc(SCc2ccccc2)n1/N=C\c1ccc(Cl)cc1. The molecule has 0 spiro atoms. The molecule has 0 radical (unpaired) electrons. The van der Waals surface area contributed by atoms with Gasteiger partial charge in [-0.25, -0.2) is 0 Å². The first-order valence-corrected chi connectivity index (χ1v) is 8.47. The van der Waals surface area contributed by atoms with Crippen LogP contribution in [-0.4, -0.2) is 21.1 Å². The molecule has 2 aromatic carbocycles. The van der Waals surface area contributed by atoms with E-state index >= 15 is 0 Å². The molecular weight excluding hydrogens is 328 g/mol. The number of hydrogen-bond donors (Lipinski definition) is 0. The molecule has 116 valence electrons. The first kappa shape index (κ1) is 15.8. The summed E-state index contributed by atoms with van der Waals surface area (Å²) in [6.45, 7) is 1.89. The number of thioether (sulfide) groups is 1. The van der Waals surface area contributed by atoms with E-state index in [9.17, 15) is 0 Å². The molecule has 3 aromatic rings. The summed E-state index contributed by atoms with van der Waals surface area (Å²) in [5.41, 5.74) is 2.22. The number of aryl methyl sites for hydroxylation is 1. The molecule has 0 N–H and O–H groups in total. The zero-order valence-corrected chi connectivity index (χ0v) is 14.1. The van der Waals surface area contributed by atoms with E-state index in [2.05, 4.69) is 27.4 Å². The fraction of sp³-hybridized carbons (Fsp3) is 0.118. The van der Waals surface area contributed by atoms with Crippen LogP contribution in [0.15, 0.2) is 64.9 Å². The Morgan fingerprint density at radius 3 is 2.57 bits per heavy atom. The largest absolute Gasteiger partial charge is 0.212 e. The first-order valence-electron chi connectivity index (χ1n) is 7.11. The van der Waals surface area contributed by atoms with Gasteiger partial charge < -0.3 is 0 Å². The van der Waals surface area contributed by atoms with Gasteiger partial charge in [-0.15, -0.1) is 10.2 Å². The van der Waals surface area contributed by atoms with Crippen LogP contribution in [0.2, 0.25) is 5.02 Å². The van der Waals surface area contributed by atoms with Crippen molar-refractivity contribution >= 4 is 29.6 Å². The molecule has 0 aliphatic carbocycles. The summed E-state index contributed by atoms with van der Waals surface area (Å²) in [4.78, 5) is 0. The van der Waals surface area contributed by atoms with E-state index in [1.807, 2.05) is 49.4 Å².